The van der Waals surface area contributed by atoms with Crippen molar-refractivity contribution in [2.24, 2.45) is 10.7 Å². The Labute approximate surface area is 127 Å². The Morgan fingerprint density at radius 3 is 3.10 bits per heavy atom. The molecule has 1 aromatic carbocycles. The molecule has 1 aromatic rings. The number of halogens is 1. The van der Waals surface area contributed by atoms with Gasteiger partial charge in [-0.3, -0.25) is 4.79 Å². The molecule has 108 valence electrons. The summed E-state index contributed by atoms with van der Waals surface area (Å²) in [7, 11) is 0. The number of carbonyl (C=O) groups excluding carboxylic acids is 1. The van der Waals surface area contributed by atoms with Crippen molar-refractivity contribution in [1.29, 1.82) is 0 Å². The predicted molar refractivity (Wildman–Crippen MR) is 83.8 cm³/mol. The standard InChI is InChI=1S/C14H19BrN4O/c1-2-3-13(20)17-6-7-19-9-10-8-11(15)4-5-12(10)18-14(19)16/h4-5,8H,2-3,6-7,9H2,1H3,(H2,16,18)(H,17,20). The highest BCUT2D eigenvalue weighted by Gasteiger charge is 2.17. The molecule has 5 nitrogen and oxygen atoms in total. The minimum atomic E-state index is 0.0863. The Morgan fingerprint density at radius 2 is 2.35 bits per heavy atom. The van der Waals surface area contributed by atoms with Crippen LogP contribution in [0.5, 0.6) is 0 Å². The molecular weight excluding hydrogens is 320 g/mol. The lowest BCUT2D eigenvalue weighted by Gasteiger charge is -2.28. The smallest absolute Gasteiger partial charge is 0.220 e. The number of benzene rings is 1. The van der Waals surface area contributed by atoms with E-state index in [-0.39, 0.29) is 5.91 Å². The number of fused-ring (bicyclic) bond motifs is 1. The molecule has 1 aliphatic rings. The van der Waals surface area contributed by atoms with E-state index in [1.54, 1.807) is 0 Å². The Kier molecular flexibility index (Phi) is 5.00. The van der Waals surface area contributed by atoms with Crippen LogP contribution >= 0.6 is 15.9 Å². The molecule has 0 saturated carbocycles. The average Bonchev–Trinajstić information content (AvgIpc) is 2.40. The topological polar surface area (TPSA) is 70.7 Å². The number of carbonyl (C=O) groups is 1. The lowest BCUT2D eigenvalue weighted by Crippen LogP contribution is -2.43. The van der Waals surface area contributed by atoms with Gasteiger partial charge in [-0.15, -0.1) is 0 Å². The second kappa shape index (κ2) is 6.74. The van der Waals surface area contributed by atoms with Crippen LogP contribution in [0.25, 0.3) is 0 Å². The third kappa shape index (κ3) is 3.72. The molecule has 0 saturated heterocycles. The highest BCUT2D eigenvalue weighted by Crippen LogP contribution is 2.27. The second-order valence-electron chi connectivity index (χ2n) is 4.76. The van der Waals surface area contributed by atoms with Crippen LogP contribution in [-0.2, 0) is 11.3 Å². The molecule has 0 aromatic heterocycles. The number of amides is 1. The van der Waals surface area contributed by atoms with Crippen LogP contribution in [0, 0.1) is 0 Å². The third-order valence-electron chi connectivity index (χ3n) is 3.14. The molecule has 6 heteroatoms. The van der Waals surface area contributed by atoms with Crippen LogP contribution in [-0.4, -0.2) is 29.9 Å². The Morgan fingerprint density at radius 1 is 1.55 bits per heavy atom. The minimum Gasteiger partial charge on any atom is -0.369 e. The summed E-state index contributed by atoms with van der Waals surface area (Å²) >= 11 is 3.46. The van der Waals surface area contributed by atoms with E-state index < -0.39 is 0 Å². The maximum absolute atomic E-state index is 11.4. The van der Waals surface area contributed by atoms with Gasteiger partial charge in [-0.05, 0) is 30.2 Å². The number of nitrogens with two attached hydrogens (primary N) is 1. The van der Waals surface area contributed by atoms with E-state index in [1.807, 2.05) is 30.0 Å². The van der Waals surface area contributed by atoms with Gasteiger partial charge in [0.2, 0.25) is 5.91 Å². The van der Waals surface area contributed by atoms with Gasteiger partial charge in [0.15, 0.2) is 5.96 Å². The molecule has 3 N–H and O–H groups in total. The summed E-state index contributed by atoms with van der Waals surface area (Å²) < 4.78 is 1.03. The van der Waals surface area contributed by atoms with Crippen LogP contribution in [0.3, 0.4) is 0 Å². The number of rotatable bonds is 5. The molecular formula is C14H19BrN4O. The van der Waals surface area contributed by atoms with E-state index in [2.05, 4.69) is 26.2 Å². The van der Waals surface area contributed by atoms with Gasteiger partial charge >= 0.3 is 0 Å². The summed E-state index contributed by atoms with van der Waals surface area (Å²) in [4.78, 5) is 17.8. The van der Waals surface area contributed by atoms with E-state index in [0.717, 1.165) is 22.1 Å². The Bertz CT molecular complexity index is 530. The molecule has 1 heterocycles. The first kappa shape index (κ1) is 14.8. The molecule has 0 spiro atoms. The van der Waals surface area contributed by atoms with Crippen molar-refractivity contribution >= 4 is 33.5 Å². The summed E-state index contributed by atoms with van der Waals surface area (Å²) in [6.45, 7) is 3.95. The SMILES string of the molecule is CCCC(=O)NCCN1Cc2cc(Br)ccc2N=C1N. The van der Waals surface area contributed by atoms with E-state index >= 15 is 0 Å². The number of hydrogen-bond acceptors (Lipinski definition) is 4. The summed E-state index contributed by atoms with van der Waals surface area (Å²) in [6.07, 6.45) is 1.43. The van der Waals surface area contributed by atoms with Gasteiger partial charge in [-0.2, -0.15) is 0 Å². The first-order valence-corrected chi connectivity index (χ1v) is 7.53. The third-order valence-corrected chi connectivity index (χ3v) is 3.64. The quantitative estimate of drug-likeness (QED) is 0.863. The van der Waals surface area contributed by atoms with Gasteiger partial charge in [-0.25, -0.2) is 4.99 Å². The van der Waals surface area contributed by atoms with Crippen molar-refractivity contribution in [3.63, 3.8) is 0 Å². The molecule has 0 atom stereocenters. The molecule has 2 rings (SSSR count). The van der Waals surface area contributed by atoms with Crippen molar-refractivity contribution in [2.75, 3.05) is 13.1 Å². The largest absolute Gasteiger partial charge is 0.369 e. The lowest BCUT2D eigenvalue weighted by molar-refractivity contribution is -0.121. The van der Waals surface area contributed by atoms with Crippen LogP contribution in [0.15, 0.2) is 27.7 Å². The first-order valence-electron chi connectivity index (χ1n) is 6.74. The summed E-state index contributed by atoms with van der Waals surface area (Å²) in [6, 6.07) is 5.96. The number of nitrogens with zero attached hydrogens (tertiary/aromatic N) is 2. The van der Waals surface area contributed by atoms with Crippen LogP contribution in [0.4, 0.5) is 5.69 Å². The Balaban J connectivity index is 1.93. The van der Waals surface area contributed by atoms with Crippen molar-refractivity contribution < 1.29 is 4.79 Å². The van der Waals surface area contributed by atoms with Crippen molar-refractivity contribution in [3.8, 4) is 0 Å². The van der Waals surface area contributed by atoms with Crippen LogP contribution in [0.2, 0.25) is 0 Å². The minimum absolute atomic E-state index is 0.0863. The zero-order chi connectivity index (χ0) is 14.5. The number of aliphatic imine (C=N–C) groups is 1. The van der Waals surface area contributed by atoms with E-state index in [4.69, 9.17) is 5.73 Å². The fourth-order valence-electron chi connectivity index (χ4n) is 2.11. The number of guanidine groups is 1. The molecule has 0 unspecified atom stereocenters. The fourth-order valence-corrected chi connectivity index (χ4v) is 2.52. The molecule has 20 heavy (non-hydrogen) atoms. The molecule has 0 radical (unpaired) electrons. The highest BCUT2D eigenvalue weighted by molar-refractivity contribution is 9.10. The average molecular weight is 339 g/mol. The second-order valence-corrected chi connectivity index (χ2v) is 5.68. The van der Waals surface area contributed by atoms with Gasteiger partial charge < -0.3 is 16.0 Å². The molecule has 0 bridgehead atoms. The predicted octanol–water partition coefficient (Wildman–Crippen LogP) is 2.13. The molecule has 0 fully saturated rings. The van der Waals surface area contributed by atoms with Gasteiger partial charge in [0, 0.05) is 30.5 Å². The summed E-state index contributed by atoms with van der Waals surface area (Å²) in [5.41, 5.74) is 8.01. The van der Waals surface area contributed by atoms with Crippen molar-refractivity contribution in [2.45, 2.75) is 26.3 Å². The maximum atomic E-state index is 11.4. The van der Waals surface area contributed by atoms with Gasteiger partial charge in [0.25, 0.3) is 0 Å². The van der Waals surface area contributed by atoms with Crippen LogP contribution in [0.1, 0.15) is 25.3 Å². The first-order chi connectivity index (χ1) is 9.60. The van der Waals surface area contributed by atoms with E-state index in [9.17, 15) is 4.79 Å². The zero-order valence-corrected chi connectivity index (χ0v) is 13.1. The highest BCUT2D eigenvalue weighted by atomic mass is 79.9. The number of nitrogens with one attached hydrogen (secondary N) is 1. The normalized spacial score (nSPS) is 13.7. The molecule has 1 aliphatic heterocycles. The summed E-state index contributed by atoms with van der Waals surface area (Å²) in [5, 5.41) is 2.89. The van der Waals surface area contributed by atoms with Gasteiger partial charge in [0.1, 0.15) is 0 Å². The van der Waals surface area contributed by atoms with E-state index in [1.165, 1.54) is 0 Å². The monoisotopic (exact) mass is 338 g/mol. The van der Waals surface area contributed by atoms with Crippen molar-refractivity contribution in [1.82, 2.24) is 10.2 Å². The number of hydrogen-bond donors (Lipinski definition) is 2. The summed E-state index contributed by atoms with van der Waals surface area (Å²) in [5.74, 6) is 0.590. The van der Waals surface area contributed by atoms with Crippen LogP contribution < -0.4 is 11.1 Å². The van der Waals surface area contributed by atoms with E-state index in [0.29, 0.717) is 32.0 Å². The lowest BCUT2D eigenvalue weighted by atomic mass is 10.1. The van der Waals surface area contributed by atoms with Gasteiger partial charge in [-0.1, -0.05) is 22.9 Å². The maximum Gasteiger partial charge on any atom is 0.220 e. The molecule has 0 aliphatic carbocycles. The Hall–Kier alpha value is -1.56. The zero-order valence-electron chi connectivity index (χ0n) is 11.5. The molecule has 1 amide bonds. The van der Waals surface area contributed by atoms with Gasteiger partial charge in [0.05, 0.1) is 5.69 Å². The fraction of sp³-hybridized carbons (Fsp3) is 0.429. The van der Waals surface area contributed by atoms with Crippen molar-refractivity contribution in [3.05, 3.63) is 28.2 Å².